The highest BCUT2D eigenvalue weighted by atomic mass is 19.1. The minimum Gasteiger partial charge on any atom is -0.494 e. The van der Waals surface area contributed by atoms with Crippen LogP contribution < -0.4 is 9.64 Å². The second kappa shape index (κ2) is 8.89. The molecule has 2 heterocycles. The van der Waals surface area contributed by atoms with Gasteiger partial charge >= 0.3 is 0 Å². The van der Waals surface area contributed by atoms with E-state index in [1.54, 1.807) is 36.4 Å². The lowest BCUT2D eigenvalue weighted by molar-refractivity contribution is -0.120. The molecule has 0 spiro atoms. The molecular weight excluding hydrogens is 397 g/mol. The Labute approximate surface area is 181 Å². The normalized spacial score (nSPS) is 17.6. The van der Waals surface area contributed by atoms with Crippen LogP contribution in [0, 0.1) is 5.82 Å². The van der Waals surface area contributed by atoms with Crippen molar-refractivity contribution in [3.63, 3.8) is 0 Å². The van der Waals surface area contributed by atoms with Gasteiger partial charge in [0.1, 0.15) is 17.3 Å². The highest BCUT2D eigenvalue weighted by molar-refractivity contribution is 6.45. The van der Waals surface area contributed by atoms with Gasteiger partial charge < -0.3 is 14.5 Å². The maximum atomic E-state index is 13.6. The first-order valence-corrected chi connectivity index (χ1v) is 10.5. The number of carbonyl (C=O) groups excluding carboxylic acids is 2. The number of carbonyl (C=O) groups is 2. The van der Waals surface area contributed by atoms with Gasteiger partial charge in [-0.05, 0) is 43.3 Å². The summed E-state index contributed by atoms with van der Waals surface area (Å²) in [5.74, 6) is -0.545. The van der Waals surface area contributed by atoms with Crippen molar-refractivity contribution in [3.05, 3.63) is 65.6 Å². The third kappa shape index (κ3) is 4.18. The van der Waals surface area contributed by atoms with Gasteiger partial charge in [-0.1, -0.05) is 25.1 Å². The quantitative estimate of drug-likeness (QED) is 0.669. The summed E-state index contributed by atoms with van der Waals surface area (Å²) in [6, 6.07) is 12.7. The Morgan fingerprint density at radius 1 is 0.968 bits per heavy atom. The van der Waals surface area contributed by atoms with Crippen LogP contribution in [0.1, 0.15) is 18.9 Å². The van der Waals surface area contributed by atoms with Gasteiger partial charge in [0.25, 0.3) is 11.8 Å². The SMILES string of the molecule is CCCOc1cccc(N2C(=O)C(c3ccc(F)cc3)=C(N3CCN(C)CC3)C2=O)c1. The topological polar surface area (TPSA) is 53.1 Å². The lowest BCUT2D eigenvalue weighted by Crippen LogP contribution is -2.46. The molecule has 0 N–H and O–H groups in total. The minimum atomic E-state index is -0.404. The molecule has 0 atom stereocenters. The smallest absolute Gasteiger partial charge is 0.282 e. The number of halogens is 1. The second-order valence-corrected chi connectivity index (χ2v) is 7.81. The molecule has 0 bridgehead atoms. The highest BCUT2D eigenvalue weighted by Crippen LogP contribution is 2.36. The largest absolute Gasteiger partial charge is 0.494 e. The van der Waals surface area contributed by atoms with E-state index in [0.29, 0.717) is 48.0 Å². The van der Waals surface area contributed by atoms with E-state index in [1.807, 2.05) is 18.9 Å². The Morgan fingerprint density at radius 2 is 1.68 bits per heavy atom. The Morgan fingerprint density at radius 3 is 2.35 bits per heavy atom. The van der Waals surface area contributed by atoms with Crippen molar-refractivity contribution in [2.75, 3.05) is 44.7 Å². The average molecular weight is 423 g/mol. The van der Waals surface area contributed by atoms with Crippen LogP contribution in [0.4, 0.5) is 10.1 Å². The molecule has 2 aliphatic heterocycles. The first-order valence-electron chi connectivity index (χ1n) is 10.5. The molecular formula is C24H26FN3O3. The number of piperazine rings is 1. The molecule has 7 heteroatoms. The summed E-state index contributed by atoms with van der Waals surface area (Å²) in [5, 5.41) is 0. The summed E-state index contributed by atoms with van der Waals surface area (Å²) in [7, 11) is 2.03. The molecule has 2 amide bonds. The van der Waals surface area contributed by atoms with Crippen LogP contribution in [0.5, 0.6) is 5.75 Å². The molecule has 4 rings (SSSR count). The predicted molar refractivity (Wildman–Crippen MR) is 117 cm³/mol. The number of rotatable bonds is 6. The number of nitrogens with zero attached hydrogens (tertiary/aromatic N) is 3. The van der Waals surface area contributed by atoms with Crippen LogP contribution in [-0.2, 0) is 9.59 Å². The summed E-state index contributed by atoms with van der Waals surface area (Å²) in [5.41, 5.74) is 1.70. The number of hydrogen-bond donors (Lipinski definition) is 0. The van der Waals surface area contributed by atoms with E-state index < -0.39 is 5.91 Å². The van der Waals surface area contributed by atoms with E-state index in [-0.39, 0.29) is 11.7 Å². The van der Waals surface area contributed by atoms with Crippen molar-refractivity contribution in [3.8, 4) is 5.75 Å². The van der Waals surface area contributed by atoms with Crippen LogP contribution in [0.3, 0.4) is 0 Å². The van der Waals surface area contributed by atoms with Gasteiger partial charge in [-0.25, -0.2) is 9.29 Å². The third-order valence-electron chi connectivity index (χ3n) is 5.56. The van der Waals surface area contributed by atoms with Gasteiger partial charge in [-0.3, -0.25) is 9.59 Å². The molecule has 0 unspecified atom stereocenters. The summed E-state index contributed by atoms with van der Waals surface area (Å²) in [4.78, 5) is 32.4. The molecule has 31 heavy (non-hydrogen) atoms. The lowest BCUT2D eigenvalue weighted by atomic mass is 10.0. The first kappa shape index (κ1) is 21.1. The second-order valence-electron chi connectivity index (χ2n) is 7.81. The fraction of sp³-hybridized carbons (Fsp3) is 0.333. The summed E-state index contributed by atoms with van der Waals surface area (Å²) in [6.45, 7) is 5.44. The molecule has 6 nitrogen and oxygen atoms in total. The van der Waals surface area contributed by atoms with Crippen LogP contribution in [0.15, 0.2) is 54.2 Å². The number of benzene rings is 2. The fourth-order valence-electron chi connectivity index (χ4n) is 3.89. The van der Waals surface area contributed by atoms with Crippen molar-refractivity contribution < 1.29 is 18.7 Å². The van der Waals surface area contributed by atoms with E-state index >= 15 is 0 Å². The molecule has 0 aliphatic carbocycles. The van der Waals surface area contributed by atoms with Crippen molar-refractivity contribution in [2.24, 2.45) is 0 Å². The molecule has 1 saturated heterocycles. The Bertz CT molecular complexity index is 1010. The third-order valence-corrected chi connectivity index (χ3v) is 5.56. The molecule has 0 saturated carbocycles. The van der Waals surface area contributed by atoms with Crippen LogP contribution in [0.2, 0.25) is 0 Å². The maximum absolute atomic E-state index is 13.6. The number of likely N-dealkylation sites (N-methyl/N-ethyl adjacent to an activating group) is 1. The van der Waals surface area contributed by atoms with Gasteiger partial charge in [0.15, 0.2) is 0 Å². The number of imide groups is 1. The molecule has 2 aliphatic rings. The lowest BCUT2D eigenvalue weighted by Gasteiger charge is -2.34. The number of ether oxygens (including phenoxy) is 1. The van der Waals surface area contributed by atoms with Gasteiger partial charge in [0.2, 0.25) is 0 Å². The molecule has 162 valence electrons. The molecule has 0 radical (unpaired) electrons. The summed E-state index contributed by atoms with van der Waals surface area (Å²) < 4.78 is 19.2. The molecule has 0 aromatic heterocycles. The van der Waals surface area contributed by atoms with E-state index in [2.05, 4.69) is 4.90 Å². The predicted octanol–water partition coefficient (Wildman–Crippen LogP) is 3.15. The molecule has 2 aromatic carbocycles. The number of hydrogen-bond acceptors (Lipinski definition) is 5. The van der Waals surface area contributed by atoms with Crippen molar-refractivity contribution in [1.29, 1.82) is 0 Å². The van der Waals surface area contributed by atoms with E-state index in [0.717, 1.165) is 19.5 Å². The number of amides is 2. The Kier molecular flexibility index (Phi) is 6.04. The van der Waals surface area contributed by atoms with Crippen molar-refractivity contribution >= 4 is 23.1 Å². The first-order chi connectivity index (χ1) is 15.0. The highest BCUT2D eigenvalue weighted by Gasteiger charge is 2.43. The molecule has 2 aromatic rings. The van der Waals surface area contributed by atoms with E-state index in [9.17, 15) is 14.0 Å². The van der Waals surface area contributed by atoms with E-state index in [4.69, 9.17) is 4.74 Å². The standard InChI is InChI=1S/C24H26FN3O3/c1-3-15-31-20-6-4-5-19(16-20)28-23(29)21(17-7-9-18(25)10-8-17)22(24(28)30)27-13-11-26(2)12-14-27/h4-10,16H,3,11-15H2,1-2H3. The summed E-state index contributed by atoms with van der Waals surface area (Å²) >= 11 is 0. The van der Waals surface area contributed by atoms with Crippen molar-refractivity contribution in [1.82, 2.24) is 9.80 Å². The van der Waals surface area contributed by atoms with Crippen LogP contribution >= 0.6 is 0 Å². The monoisotopic (exact) mass is 423 g/mol. The van der Waals surface area contributed by atoms with Gasteiger partial charge in [0.05, 0.1) is 17.9 Å². The van der Waals surface area contributed by atoms with Gasteiger partial charge in [-0.15, -0.1) is 0 Å². The number of anilines is 1. The van der Waals surface area contributed by atoms with Gasteiger partial charge in [-0.2, -0.15) is 0 Å². The molecule has 1 fully saturated rings. The summed E-state index contributed by atoms with van der Waals surface area (Å²) in [6.07, 6.45) is 0.857. The van der Waals surface area contributed by atoms with Crippen LogP contribution in [0.25, 0.3) is 5.57 Å². The zero-order chi connectivity index (χ0) is 22.0. The average Bonchev–Trinajstić information content (AvgIpc) is 3.03. The Balaban J connectivity index is 1.74. The van der Waals surface area contributed by atoms with Crippen molar-refractivity contribution in [2.45, 2.75) is 13.3 Å². The zero-order valence-electron chi connectivity index (χ0n) is 17.8. The zero-order valence-corrected chi connectivity index (χ0v) is 17.8. The maximum Gasteiger partial charge on any atom is 0.282 e. The minimum absolute atomic E-state index is 0.314. The fourth-order valence-corrected chi connectivity index (χ4v) is 3.89. The van der Waals surface area contributed by atoms with Gasteiger partial charge in [0, 0.05) is 32.2 Å². The van der Waals surface area contributed by atoms with E-state index in [1.165, 1.54) is 17.0 Å². The van der Waals surface area contributed by atoms with Crippen LogP contribution in [-0.4, -0.2) is 61.4 Å². The Hall–Kier alpha value is -3.19.